The second-order valence-corrected chi connectivity index (χ2v) is 6.48. The molecular formula is C16H24ClN3O3. The van der Waals surface area contributed by atoms with E-state index in [1.807, 2.05) is 6.07 Å². The number of benzene rings is 1. The molecule has 1 heterocycles. The van der Waals surface area contributed by atoms with Gasteiger partial charge in [-0.2, -0.15) is 0 Å². The number of hydrogen-bond acceptors (Lipinski definition) is 5. The van der Waals surface area contributed by atoms with Crippen LogP contribution in [0.25, 0.3) is 0 Å². The minimum absolute atomic E-state index is 0. The first kappa shape index (κ1) is 18.0. The minimum Gasteiger partial charge on any atom is -0.490 e. The lowest BCUT2D eigenvalue weighted by Gasteiger charge is -2.29. The Morgan fingerprint density at radius 1 is 1.39 bits per heavy atom. The molecule has 3 atom stereocenters. The summed E-state index contributed by atoms with van der Waals surface area (Å²) < 4.78 is 5.05. The Balaban J connectivity index is 0.00000192. The average Bonchev–Trinajstić information content (AvgIpc) is 2.91. The van der Waals surface area contributed by atoms with Gasteiger partial charge in [-0.05, 0) is 36.3 Å². The molecule has 128 valence electrons. The molecule has 3 rings (SSSR count). The second kappa shape index (κ2) is 7.47. The normalized spacial score (nSPS) is 27.1. The lowest BCUT2D eigenvalue weighted by Crippen LogP contribution is -2.38. The van der Waals surface area contributed by atoms with Crippen LogP contribution in [0.5, 0.6) is 5.75 Å². The summed E-state index contributed by atoms with van der Waals surface area (Å²) >= 11 is 0. The second-order valence-electron chi connectivity index (χ2n) is 6.48. The molecule has 1 aromatic rings. The van der Waals surface area contributed by atoms with Crippen LogP contribution >= 0.6 is 12.4 Å². The number of ether oxygens (including phenoxy) is 1. The first-order chi connectivity index (χ1) is 10.6. The smallest absolute Gasteiger partial charge is 0.311 e. The van der Waals surface area contributed by atoms with Gasteiger partial charge in [-0.3, -0.25) is 15.0 Å². The van der Waals surface area contributed by atoms with E-state index >= 15 is 0 Å². The van der Waals surface area contributed by atoms with E-state index in [0.717, 1.165) is 31.6 Å². The molecule has 0 amide bonds. The molecular weight excluding hydrogens is 318 g/mol. The highest BCUT2D eigenvalue weighted by Gasteiger charge is 2.38. The molecule has 3 unspecified atom stereocenters. The molecule has 1 saturated heterocycles. The standard InChI is InChI=1S/C16H23N3O3.ClH/c1-22-16-6-5-11(7-15(16)19(20)21)8-18-9-12-3-2-4-14(17)13(12)10-18;/h5-7,12-14H,2-4,8-10,17H2,1H3;1H. The van der Waals surface area contributed by atoms with Gasteiger partial charge in [-0.15, -0.1) is 12.4 Å². The summed E-state index contributed by atoms with van der Waals surface area (Å²) in [7, 11) is 1.45. The fourth-order valence-electron chi connectivity index (χ4n) is 3.97. The molecule has 6 nitrogen and oxygen atoms in total. The highest BCUT2D eigenvalue weighted by Crippen LogP contribution is 2.36. The number of nitrogens with two attached hydrogens (primary N) is 1. The van der Waals surface area contributed by atoms with Crippen molar-refractivity contribution in [3.8, 4) is 5.75 Å². The molecule has 2 fully saturated rings. The molecule has 0 spiro atoms. The molecule has 1 saturated carbocycles. The largest absolute Gasteiger partial charge is 0.490 e. The van der Waals surface area contributed by atoms with Crippen molar-refractivity contribution in [1.82, 2.24) is 4.90 Å². The summed E-state index contributed by atoms with van der Waals surface area (Å²) in [5.74, 6) is 1.59. The summed E-state index contributed by atoms with van der Waals surface area (Å²) in [4.78, 5) is 13.1. The van der Waals surface area contributed by atoms with E-state index in [1.54, 1.807) is 12.1 Å². The van der Waals surface area contributed by atoms with Gasteiger partial charge in [0, 0.05) is 31.7 Å². The van der Waals surface area contributed by atoms with Crippen LogP contribution in [0.3, 0.4) is 0 Å². The molecule has 2 N–H and O–H groups in total. The van der Waals surface area contributed by atoms with Gasteiger partial charge in [0.15, 0.2) is 5.75 Å². The van der Waals surface area contributed by atoms with Crippen molar-refractivity contribution in [2.24, 2.45) is 17.6 Å². The summed E-state index contributed by atoms with van der Waals surface area (Å²) in [5.41, 5.74) is 7.24. The summed E-state index contributed by atoms with van der Waals surface area (Å²) in [6, 6.07) is 5.53. The van der Waals surface area contributed by atoms with Gasteiger partial charge in [-0.1, -0.05) is 12.5 Å². The Labute approximate surface area is 142 Å². The summed E-state index contributed by atoms with van der Waals surface area (Å²) in [6.45, 7) is 2.80. The highest BCUT2D eigenvalue weighted by molar-refractivity contribution is 5.85. The molecule has 0 radical (unpaired) electrons. The third-order valence-corrected chi connectivity index (χ3v) is 5.08. The van der Waals surface area contributed by atoms with E-state index in [2.05, 4.69) is 4.90 Å². The number of hydrogen-bond donors (Lipinski definition) is 1. The third kappa shape index (κ3) is 3.76. The highest BCUT2D eigenvalue weighted by atomic mass is 35.5. The van der Waals surface area contributed by atoms with Crippen molar-refractivity contribution in [3.05, 3.63) is 33.9 Å². The average molecular weight is 342 g/mol. The third-order valence-electron chi connectivity index (χ3n) is 5.08. The lowest BCUT2D eigenvalue weighted by molar-refractivity contribution is -0.385. The van der Waals surface area contributed by atoms with E-state index in [-0.39, 0.29) is 23.0 Å². The van der Waals surface area contributed by atoms with Crippen molar-refractivity contribution >= 4 is 18.1 Å². The maximum atomic E-state index is 11.1. The van der Waals surface area contributed by atoms with Gasteiger partial charge in [0.05, 0.1) is 12.0 Å². The van der Waals surface area contributed by atoms with Crippen LogP contribution in [0.4, 0.5) is 5.69 Å². The number of methoxy groups -OCH3 is 1. The van der Waals surface area contributed by atoms with E-state index in [0.29, 0.717) is 23.6 Å². The van der Waals surface area contributed by atoms with Crippen LogP contribution in [0.15, 0.2) is 18.2 Å². The van der Waals surface area contributed by atoms with Crippen molar-refractivity contribution in [2.45, 2.75) is 31.8 Å². The zero-order valence-electron chi connectivity index (χ0n) is 13.3. The van der Waals surface area contributed by atoms with Crippen LogP contribution in [0.2, 0.25) is 0 Å². The zero-order chi connectivity index (χ0) is 15.7. The molecule has 1 aliphatic carbocycles. The van der Waals surface area contributed by atoms with E-state index in [4.69, 9.17) is 10.5 Å². The predicted molar refractivity (Wildman–Crippen MR) is 91.0 cm³/mol. The quantitative estimate of drug-likeness (QED) is 0.672. The van der Waals surface area contributed by atoms with Crippen LogP contribution in [0, 0.1) is 22.0 Å². The Kier molecular flexibility index (Phi) is 5.84. The minimum atomic E-state index is -0.387. The maximum absolute atomic E-state index is 11.1. The number of nitrogens with zero attached hydrogens (tertiary/aromatic N) is 2. The van der Waals surface area contributed by atoms with Gasteiger partial charge in [0.25, 0.3) is 0 Å². The number of halogens is 1. The van der Waals surface area contributed by atoms with Crippen LogP contribution in [-0.2, 0) is 6.54 Å². The molecule has 7 heteroatoms. The van der Waals surface area contributed by atoms with Gasteiger partial charge in [0.2, 0.25) is 0 Å². The Morgan fingerprint density at radius 3 is 2.83 bits per heavy atom. The van der Waals surface area contributed by atoms with Crippen molar-refractivity contribution in [1.29, 1.82) is 0 Å². The fourth-order valence-corrected chi connectivity index (χ4v) is 3.97. The van der Waals surface area contributed by atoms with Crippen molar-refractivity contribution in [2.75, 3.05) is 20.2 Å². The summed E-state index contributed by atoms with van der Waals surface area (Å²) in [5, 5.41) is 11.1. The molecule has 2 aliphatic rings. The fraction of sp³-hybridized carbons (Fsp3) is 0.625. The number of nitro groups is 1. The van der Waals surface area contributed by atoms with Gasteiger partial charge in [0.1, 0.15) is 0 Å². The van der Waals surface area contributed by atoms with Gasteiger partial charge >= 0.3 is 5.69 Å². The van der Waals surface area contributed by atoms with Crippen LogP contribution in [0.1, 0.15) is 24.8 Å². The van der Waals surface area contributed by atoms with Crippen molar-refractivity contribution in [3.63, 3.8) is 0 Å². The lowest BCUT2D eigenvalue weighted by atomic mass is 9.78. The molecule has 23 heavy (non-hydrogen) atoms. The monoisotopic (exact) mass is 341 g/mol. The number of rotatable bonds is 4. The Morgan fingerprint density at radius 2 is 2.17 bits per heavy atom. The first-order valence-electron chi connectivity index (χ1n) is 7.87. The van der Waals surface area contributed by atoms with Crippen LogP contribution in [-0.4, -0.2) is 36.1 Å². The zero-order valence-corrected chi connectivity index (χ0v) is 14.1. The SMILES string of the molecule is COc1ccc(CN2CC3CCCC(N)C3C2)cc1[N+](=O)[O-].Cl. The number of nitro benzene ring substituents is 1. The molecule has 1 aliphatic heterocycles. The molecule has 0 bridgehead atoms. The van der Waals surface area contributed by atoms with Crippen molar-refractivity contribution < 1.29 is 9.66 Å². The predicted octanol–water partition coefficient (Wildman–Crippen LogP) is 2.58. The molecule has 1 aromatic carbocycles. The number of fused-ring (bicyclic) bond motifs is 1. The topological polar surface area (TPSA) is 81.6 Å². The number of likely N-dealkylation sites (tertiary alicyclic amines) is 1. The van der Waals surface area contributed by atoms with Gasteiger partial charge < -0.3 is 10.5 Å². The van der Waals surface area contributed by atoms with E-state index in [9.17, 15) is 10.1 Å². The Hall–Kier alpha value is -1.37. The molecule has 0 aromatic heterocycles. The van der Waals surface area contributed by atoms with E-state index in [1.165, 1.54) is 20.0 Å². The summed E-state index contributed by atoms with van der Waals surface area (Å²) in [6.07, 6.45) is 3.62. The maximum Gasteiger partial charge on any atom is 0.311 e. The Bertz CT molecular complexity index is 570. The van der Waals surface area contributed by atoms with Crippen LogP contribution < -0.4 is 10.5 Å². The van der Waals surface area contributed by atoms with Gasteiger partial charge in [-0.25, -0.2) is 0 Å². The van der Waals surface area contributed by atoms with E-state index < -0.39 is 0 Å². The first-order valence-corrected chi connectivity index (χ1v) is 7.87.